The van der Waals surface area contributed by atoms with E-state index in [1.807, 2.05) is 0 Å². The monoisotopic (exact) mass is 197 g/mol. The van der Waals surface area contributed by atoms with Crippen LogP contribution >= 0.6 is 0 Å². The van der Waals surface area contributed by atoms with Crippen LogP contribution in [0.3, 0.4) is 0 Å². The first-order valence-electron chi connectivity index (χ1n) is 5.03. The Labute approximate surface area is 82.6 Å². The quantitative estimate of drug-likeness (QED) is 0.510. The van der Waals surface area contributed by atoms with Crippen LogP contribution in [-0.4, -0.2) is 37.5 Å². The molecule has 5 nitrogen and oxygen atoms in total. The molecule has 2 aliphatic heterocycles. The summed E-state index contributed by atoms with van der Waals surface area (Å²) in [5.74, 6) is -0.171. The van der Waals surface area contributed by atoms with E-state index in [1.165, 1.54) is 0 Å². The summed E-state index contributed by atoms with van der Waals surface area (Å²) in [4.78, 5) is 22.5. The minimum atomic E-state index is -0.164. The third-order valence-electron chi connectivity index (χ3n) is 2.75. The summed E-state index contributed by atoms with van der Waals surface area (Å²) < 4.78 is 0. The molecule has 2 atom stereocenters. The number of hydrogen-bond acceptors (Lipinski definition) is 3. The maximum atomic E-state index is 11.6. The first-order valence-corrected chi connectivity index (χ1v) is 5.03. The van der Waals surface area contributed by atoms with Gasteiger partial charge in [-0.25, -0.2) is 0 Å². The molecule has 14 heavy (non-hydrogen) atoms. The molecule has 5 heteroatoms. The molecule has 2 fully saturated rings. The maximum Gasteiger partial charge on any atom is 0.225 e. The SMILES string of the molecule is O=C1CC(C(=O)N[C@H]2CCNC2)CN1. The van der Waals surface area contributed by atoms with E-state index in [-0.39, 0.29) is 23.8 Å². The van der Waals surface area contributed by atoms with Crippen LogP contribution in [0.25, 0.3) is 0 Å². The summed E-state index contributed by atoms with van der Waals surface area (Å²) in [5, 5.41) is 8.79. The number of carbonyl (C=O) groups is 2. The van der Waals surface area contributed by atoms with Crippen molar-refractivity contribution in [1.82, 2.24) is 16.0 Å². The molecule has 0 bridgehead atoms. The minimum Gasteiger partial charge on any atom is -0.355 e. The highest BCUT2D eigenvalue weighted by atomic mass is 16.2. The number of rotatable bonds is 2. The Morgan fingerprint density at radius 3 is 2.86 bits per heavy atom. The van der Waals surface area contributed by atoms with Crippen LogP contribution in [0.15, 0.2) is 0 Å². The van der Waals surface area contributed by atoms with Gasteiger partial charge in [-0.1, -0.05) is 0 Å². The summed E-state index contributed by atoms with van der Waals surface area (Å²) in [6.45, 7) is 2.30. The predicted molar refractivity (Wildman–Crippen MR) is 50.5 cm³/mol. The molecule has 2 heterocycles. The molecule has 2 amide bonds. The van der Waals surface area contributed by atoms with Crippen molar-refractivity contribution in [3.05, 3.63) is 0 Å². The smallest absolute Gasteiger partial charge is 0.225 e. The Balaban J connectivity index is 1.80. The van der Waals surface area contributed by atoms with Gasteiger partial charge in [0.1, 0.15) is 0 Å². The lowest BCUT2D eigenvalue weighted by molar-refractivity contribution is -0.127. The Hall–Kier alpha value is -1.10. The second-order valence-electron chi connectivity index (χ2n) is 3.90. The second kappa shape index (κ2) is 3.96. The lowest BCUT2D eigenvalue weighted by Crippen LogP contribution is -2.40. The van der Waals surface area contributed by atoms with Crippen LogP contribution in [0.5, 0.6) is 0 Å². The Morgan fingerprint density at radius 2 is 2.29 bits per heavy atom. The van der Waals surface area contributed by atoms with Crippen molar-refractivity contribution in [1.29, 1.82) is 0 Å². The van der Waals surface area contributed by atoms with Crippen LogP contribution in [0.2, 0.25) is 0 Å². The molecule has 2 aliphatic rings. The molecule has 0 saturated carbocycles. The summed E-state index contributed by atoms with van der Waals surface area (Å²) in [7, 11) is 0. The average Bonchev–Trinajstić information content (AvgIpc) is 2.75. The standard InChI is InChI=1S/C9H15N3O2/c13-8-3-6(4-11-8)9(14)12-7-1-2-10-5-7/h6-7,10H,1-5H2,(H,11,13)(H,12,14)/t6?,7-/m0/s1. The van der Waals surface area contributed by atoms with Crippen LogP contribution in [0, 0.1) is 5.92 Å². The van der Waals surface area contributed by atoms with Crippen LogP contribution in [0.4, 0.5) is 0 Å². The van der Waals surface area contributed by atoms with Gasteiger partial charge in [0.2, 0.25) is 11.8 Å². The van der Waals surface area contributed by atoms with Crippen molar-refractivity contribution in [3.63, 3.8) is 0 Å². The van der Waals surface area contributed by atoms with Crippen LogP contribution in [0.1, 0.15) is 12.8 Å². The second-order valence-corrected chi connectivity index (χ2v) is 3.90. The van der Waals surface area contributed by atoms with E-state index >= 15 is 0 Å². The molecule has 0 aromatic rings. The van der Waals surface area contributed by atoms with Crippen molar-refractivity contribution < 1.29 is 9.59 Å². The third kappa shape index (κ3) is 2.04. The molecule has 2 rings (SSSR count). The highest BCUT2D eigenvalue weighted by Crippen LogP contribution is 2.09. The zero-order chi connectivity index (χ0) is 9.97. The molecule has 2 saturated heterocycles. The van der Waals surface area contributed by atoms with Crippen LogP contribution in [-0.2, 0) is 9.59 Å². The zero-order valence-corrected chi connectivity index (χ0v) is 8.01. The van der Waals surface area contributed by atoms with Crippen LogP contribution < -0.4 is 16.0 Å². The van der Waals surface area contributed by atoms with Crippen molar-refractivity contribution in [2.75, 3.05) is 19.6 Å². The largest absolute Gasteiger partial charge is 0.355 e. The third-order valence-corrected chi connectivity index (χ3v) is 2.75. The van der Waals surface area contributed by atoms with Gasteiger partial charge in [0.15, 0.2) is 0 Å². The molecule has 0 aromatic heterocycles. The van der Waals surface area contributed by atoms with E-state index in [1.54, 1.807) is 0 Å². The Bertz CT molecular complexity index is 248. The van der Waals surface area contributed by atoms with Gasteiger partial charge in [-0.15, -0.1) is 0 Å². The van der Waals surface area contributed by atoms with Gasteiger partial charge in [0.05, 0.1) is 5.92 Å². The van der Waals surface area contributed by atoms with Gasteiger partial charge in [-0.05, 0) is 13.0 Å². The van der Waals surface area contributed by atoms with E-state index in [2.05, 4.69) is 16.0 Å². The first kappa shape index (κ1) is 9.45. The number of amides is 2. The van der Waals surface area contributed by atoms with E-state index in [0.29, 0.717) is 13.0 Å². The topological polar surface area (TPSA) is 70.2 Å². The van der Waals surface area contributed by atoms with Crippen molar-refractivity contribution >= 4 is 11.8 Å². The predicted octanol–water partition coefficient (Wildman–Crippen LogP) is -1.40. The fourth-order valence-electron chi connectivity index (χ4n) is 1.89. The average molecular weight is 197 g/mol. The molecule has 3 N–H and O–H groups in total. The van der Waals surface area contributed by atoms with Gasteiger partial charge in [-0.2, -0.15) is 0 Å². The highest BCUT2D eigenvalue weighted by Gasteiger charge is 2.29. The molecule has 0 aliphatic carbocycles. The number of carbonyl (C=O) groups excluding carboxylic acids is 2. The zero-order valence-electron chi connectivity index (χ0n) is 8.01. The fourth-order valence-corrected chi connectivity index (χ4v) is 1.89. The molecule has 0 aromatic carbocycles. The lowest BCUT2D eigenvalue weighted by Gasteiger charge is -2.13. The number of hydrogen-bond donors (Lipinski definition) is 3. The number of nitrogens with one attached hydrogen (secondary N) is 3. The van der Waals surface area contributed by atoms with Crippen molar-refractivity contribution in [2.45, 2.75) is 18.9 Å². The summed E-state index contributed by atoms with van der Waals surface area (Å²) in [5.41, 5.74) is 0. The van der Waals surface area contributed by atoms with Gasteiger partial charge in [0, 0.05) is 25.6 Å². The Morgan fingerprint density at radius 1 is 1.43 bits per heavy atom. The summed E-state index contributed by atoms with van der Waals surface area (Å²) >= 11 is 0. The minimum absolute atomic E-state index is 0.0112. The summed E-state index contributed by atoms with van der Waals surface area (Å²) in [6.07, 6.45) is 1.33. The van der Waals surface area contributed by atoms with Gasteiger partial charge in [0.25, 0.3) is 0 Å². The molecular weight excluding hydrogens is 182 g/mol. The van der Waals surface area contributed by atoms with Crippen molar-refractivity contribution in [3.8, 4) is 0 Å². The lowest BCUT2D eigenvalue weighted by atomic mass is 10.1. The molecule has 0 radical (unpaired) electrons. The van der Waals surface area contributed by atoms with Gasteiger partial charge >= 0.3 is 0 Å². The molecule has 78 valence electrons. The van der Waals surface area contributed by atoms with E-state index in [4.69, 9.17) is 0 Å². The maximum absolute atomic E-state index is 11.6. The molecule has 0 spiro atoms. The molecular formula is C9H15N3O2. The van der Waals surface area contributed by atoms with Gasteiger partial charge < -0.3 is 16.0 Å². The highest BCUT2D eigenvalue weighted by molar-refractivity contribution is 5.89. The fraction of sp³-hybridized carbons (Fsp3) is 0.778. The Kier molecular flexibility index (Phi) is 2.67. The normalized spacial score (nSPS) is 31.6. The van der Waals surface area contributed by atoms with E-state index in [0.717, 1.165) is 19.5 Å². The molecule has 1 unspecified atom stereocenters. The van der Waals surface area contributed by atoms with Gasteiger partial charge in [-0.3, -0.25) is 9.59 Å². The first-order chi connectivity index (χ1) is 6.75. The van der Waals surface area contributed by atoms with E-state index in [9.17, 15) is 9.59 Å². The van der Waals surface area contributed by atoms with E-state index < -0.39 is 0 Å². The van der Waals surface area contributed by atoms with Crippen molar-refractivity contribution in [2.24, 2.45) is 5.92 Å². The summed E-state index contributed by atoms with van der Waals surface area (Å²) in [6, 6.07) is 0.248.